The number of carbonyl (C=O) groups excluding carboxylic acids is 4. The van der Waals surface area contributed by atoms with Crippen LogP contribution in [0.25, 0.3) is 0 Å². The van der Waals surface area contributed by atoms with Crippen molar-refractivity contribution in [1.29, 1.82) is 0 Å². The van der Waals surface area contributed by atoms with Gasteiger partial charge in [-0.25, -0.2) is 9.59 Å². The van der Waals surface area contributed by atoms with Crippen molar-refractivity contribution in [3.05, 3.63) is 29.3 Å². The number of Topliss-reactive ketones (excluding diaryl/α,β-unsaturated/α-hetero) is 1. The minimum absolute atomic E-state index is 0.00837. The van der Waals surface area contributed by atoms with Crippen LogP contribution in [0.4, 0.5) is 4.79 Å². The average Bonchev–Trinajstić information content (AvgIpc) is 2.65. The van der Waals surface area contributed by atoms with Gasteiger partial charge in [0.05, 0.1) is 5.94 Å². The van der Waals surface area contributed by atoms with E-state index in [2.05, 4.69) is 5.32 Å². The number of hydrogen-bond donors (Lipinski definition) is 2. The quantitative estimate of drug-likeness (QED) is 0.165. The average molecular weight is 547 g/mol. The van der Waals surface area contributed by atoms with E-state index in [1.165, 1.54) is 19.9 Å². The highest BCUT2D eigenvalue weighted by Crippen LogP contribution is 2.31. The van der Waals surface area contributed by atoms with E-state index in [1.807, 2.05) is 22.6 Å². The first-order valence-corrected chi connectivity index (χ1v) is 10.8. The summed E-state index contributed by atoms with van der Waals surface area (Å²) in [6.45, 7) is 4.38. The van der Waals surface area contributed by atoms with Crippen molar-refractivity contribution in [2.24, 2.45) is 0 Å². The molecule has 0 aliphatic carbocycles. The van der Waals surface area contributed by atoms with Gasteiger partial charge in [0.2, 0.25) is 12.2 Å². The van der Waals surface area contributed by atoms with E-state index in [0.717, 1.165) is 0 Å². The maximum atomic E-state index is 12.5. The minimum atomic E-state index is -1.41. The molecule has 0 bridgehead atoms. The van der Waals surface area contributed by atoms with E-state index in [1.54, 1.807) is 19.1 Å². The number of fused-ring (bicyclic) bond motifs is 1. The van der Waals surface area contributed by atoms with Crippen molar-refractivity contribution >= 4 is 53.5 Å². The molecular formula is C19H23BINO9. The number of ketones is 1. The van der Waals surface area contributed by atoms with E-state index < -0.39 is 35.6 Å². The molecule has 0 aromatic heterocycles. The lowest BCUT2D eigenvalue weighted by atomic mass is 9.72. The van der Waals surface area contributed by atoms with E-state index in [9.17, 15) is 24.2 Å². The Hall–Kier alpha value is -2.35. The standard InChI is InChI=1S/C19H23BINO9/c1-10(23)7-8-16(24)22-15-9-13-5-4-6-14(17(13)31-20(15)27)18(25)29-12(3)30-19(26)28-11(2)21/h4-6,11-12,15,27H,7-9H2,1-3H3,(H,22,24)/t11?,12?,15-/m0/s1. The number of halogens is 1. The lowest BCUT2D eigenvalue weighted by Crippen LogP contribution is -2.53. The summed E-state index contributed by atoms with van der Waals surface area (Å²) in [5.41, 5.74) is 0.604. The van der Waals surface area contributed by atoms with Gasteiger partial charge in [0.1, 0.15) is 17.1 Å². The normalized spacial score (nSPS) is 16.8. The van der Waals surface area contributed by atoms with Crippen LogP contribution in [0.5, 0.6) is 5.75 Å². The Kier molecular flexibility index (Phi) is 9.10. The summed E-state index contributed by atoms with van der Waals surface area (Å²) in [7, 11) is -1.41. The Morgan fingerprint density at radius 3 is 2.58 bits per heavy atom. The maximum absolute atomic E-state index is 12.5. The van der Waals surface area contributed by atoms with E-state index in [4.69, 9.17) is 18.9 Å². The van der Waals surface area contributed by atoms with Crippen LogP contribution in [0.15, 0.2) is 18.2 Å². The van der Waals surface area contributed by atoms with E-state index in [-0.39, 0.29) is 42.3 Å². The van der Waals surface area contributed by atoms with Crippen LogP contribution in [0.1, 0.15) is 49.5 Å². The predicted molar refractivity (Wildman–Crippen MR) is 117 cm³/mol. The summed E-state index contributed by atoms with van der Waals surface area (Å²) in [5.74, 6) is -1.95. The molecule has 1 aliphatic rings. The molecule has 0 spiro atoms. The molecule has 1 amide bonds. The second-order valence-electron chi connectivity index (χ2n) is 6.88. The summed E-state index contributed by atoms with van der Waals surface area (Å²) in [6, 6.07) is 4.73. The number of amides is 1. The molecule has 3 atom stereocenters. The Morgan fingerprint density at radius 1 is 1.23 bits per heavy atom. The lowest BCUT2D eigenvalue weighted by Gasteiger charge is -2.29. The van der Waals surface area contributed by atoms with Crippen LogP contribution in [0.3, 0.4) is 0 Å². The van der Waals surface area contributed by atoms with Gasteiger partial charge in [-0.1, -0.05) is 12.1 Å². The lowest BCUT2D eigenvalue weighted by molar-refractivity contribution is -0.124. The molecule has 1 aromatic carbocycles. The molecular weight excluding hydrogens is 524 g/mol. The maximum Gasteiger partial charge on any atom is 0.547 e. The van der Waals surface area contributed by atoms with Crippen molar-refractivity contribution in [3.63, 3.8) is 0 Å². The fourth-order valence-corrected chi connectivity index (χ4v) is 3.02. The third-order valence-electron chi connectivity index (χ3n) is 4.18. The van der Waals surface area contributed by atoms with Crippen LogP contribution in [0, 0.1) is 0 Å². The largest absolute Gasteiger partial charge is 0.547 e. The summed E-state index contributed by atoms with van der Waals surface area (Å²) >= 11 is 1.87. The van der Waals surface area contributed by atoms with Crippen LogP contribution < -0.4 is 9.97 Å². The minimum Gasteiger partial charge on any atom is -0.534 e. The van der Waals surface area contributed by atoms with E-state index in [0.29, 0.717) is 5.56 Å². The zero-order valence-electron chi connectivity index (χ0n) is 17.3. The first-order chi connectivity index (χ1) is 14.6. The number of carbonyl (C=O) groups is 4. The van der Waals surface area contributed by atoms with Gasteiger partial charge in [0, 0.05) is 19.8 Å². The highest BCUT2D eigenvalue weighted by Gasteiger charge is 2.38. The number of para-hydroxylation sites is 1. The molecule has 0 fully saturated rings. The second-order valence-corrected chi connectivity index (χ2v) is 8.64. The summed E-state index contributed by atoms with van der Waals surface area (Å²) in [5, 5.41) is 12.9. The molecule has 168 valence electrons. The Labute approximate surface area is 193 Å². The third-order valence-corrected chi connectivity index (χ3v) is 4.44. The van der Waals surface area contributed by atoms with Crippen LogP contribution in [-0.2, 0) is 30.2 Å². The number of ether oxygens (including phenoxy) is 3. The number of rotatable bonds is 8. The van der Waals surface area contributed by atoms with Crippen LogP contribution in [-0.4, -0.2) is 52.3 Å². The molecule has 1 aromatic rings. The van der Waals surface area contributed by atoms with Crippen molar-refractivity contribution in [2.45, 2.75) is 56.4 Å². The van der Waals surface area contributed by atoms with Crippen molar-refractivity contribution in [1.82, 2.24) is 5.32 Å². The topological polar surface area (TPSA) is 137 Å². The SMILES string of the molecule is CC(=O)CCC(=O)N[C@H]1Cc2cccc(C(=O)OC(C)OC(=O)OC(C)I)c2OB1O. The molecule has 0 saturated heterocycles. The van der Waals surface area contributed by atoms with Gasteiger partial charge in [0.15, 0.2) is 4.11 Å². The monoisotopic (exact) mass is 547 g/mol. The van der Waals surface area contributed by atoms with E-state index >= 15 is 0 Å². The molecule has 2 N–H and O–H groups in total. The highest BCUT2D eigenvalue weighted by molar-refractivity contribution is 14.1. The second kappa shape index (κ2) is 11.3. The third kappa shape index (κ3) is 7.69. The first kappa shape index (κ1) is 24.9. The Balaban J connectivity index is 2.03. The molecule has 2 rings (SSSR count). The molecule has 0 saturated carbocycles. The molecule has 1 aliphatic heterocycles. The predicted octanol–water partition coefficient (Wildman–Crippen LogP) is 1.93. The number of hydrogen-bond acceptors (Lipinski definition) is 9. The Bertz CT molecular complexity index is 848. The fourth-order valence-electron chi connectivity index (χ4n) is 2.81. The molecule has 10 nitrogen and oxygen atoms in total. The van der Waals surface area contributed by atoms with Crippen molar-refractivity contribution in [2.75, 3.05) is 0 Å². The van der Waals surface area contributed by atoms with Crippen molar-refractivity contribution < 1.29 is 43.1 Å². The van der Waals surface area contributed by atoms with Gasteiger partial charge in [0.25, 0.3) is 0 Å². The molecule has 31 heavy (non-hydrogen) atoms. The van der Waals surface area contributed by atoms with Crippen LogP contribution in [0.2, 0.25) is 0 Å². The number of alkyl halides is 1. The Morgan fingerprint density at radius 2 is 1.94 bits per heavy atom. The van der Waals surface area contributed by atoms with Gasteiger partial charge >= 0.3 is 19.2 Å². The highest BCUT2D eigenvalue weighted by atomic mass is 127. The van der Waals surface area contributed by atoms with Gasteiger partial charge in [-0.3, -0.25) is 4.79 Å². The van der Waals surface area contributed by atoms with Crippen molar-refractivity contribution in [3.8, 4) is 5.75 Å². The summed E-state index contributed by atoms with van der Waals surface area (Å²) < 4.78 is 19.8. The van der Waals surface area contributed by atoms with Gasteiger partial charge in [-0.2, -0.15) is 0 Å². The molecule has 1 heterocycles. The summed E-state index contributed by atoms with van der Waals surface area (Å²) in [4.78, 5) is 47.0. The van der Waals surface area contributed by atoms with Gasteiger partial charge < -0.3 is 34.0 Å². The zero-order valence-corrected chi connectivity index (χ0v) is 19.4. The first-order valence-electron chi connectivity index (χ1n) is 9.54. The summed E-state index contributed by atoms with van der Waals surface area (Å²) in [6.07, 6.45) is -1.88. The number of benzene rings is 1. The zero-order chi connectivity index (χ0) is 23.1. The van der Waals surface area contributed by atoms with Crippen LogP contribution >= 0.6 is 22.6 Å². The molecule has 0 radical (unpaired) electrons. The number of nitrogens with one attached hydrogen (secondary N) is 1. The van der Waals surface area contributed by atoms with Gasteiger partial charge in [-0.05, 0) is 54.5 Å². The number of esters is 1. The fraction of sp³-hybridized carbons (Fsp3) is 0.474. The smallest absolute Gasteiger partial charge is 0.534 e. The van der Waals surface area contributed by atoms with Gasteiger partial charge in [-0.15, -0.1) is 0 Å². The molecule has 12 heteroatoms. The molecule has 2 unspecified atom stereocenters.